The van der Waals surface area contributed by atoms with Crippen molar-refractivity contribution in [3.63, 3.8) is 0 Å². The third-order valence-corrected chi connectivity index (χ3v) is 4.73. The maximum atomic E-state index is 12.3. The van der Waals surface area contributed by atoms with Gasteiger partial charge in [0.05, 0.1) is 5.56 Å². The molecular formula is C14H18ClN3O2S. The molecule has 7 heteroatoms. The summed E-state index contributed by atoms with van der Waals surface area (Å²) in [7, 11) is -3.66. The van der Waals surface area contributed by atoms with Gasteiger partial charge in [0.1, 0.15) is 11.0 Å². The van der Waals surface area contributed by atoms with Crippen LogP contribution in [-0.2, 0) is 10.0 Å². The van der Waals surface area contributed by atoms with E-state index < -0.39 is 10.0 Å². The summed E-state index contributed by atoms with van der Waals surface area (Å²) in [4.78, 5) is 0.0505. The maximum absolute atomic E-state index is 12.3. The number of nitrogens with one attached hydrogen (secondary N) is 2. The molecule has 1 aromatic rings. The van der Waals surface area contributed by atoms with Gasteiger partial charge in [-0.1, -0.05) is 23.8 Å². The average molecular weight is 328 g/mol. The van der Waals surface area contributed by atoms with E-state index in [4.69, 9.17) is 5.26 Å². The highest BCUT2D eigenvalue weighted by atomic mass is 35.5. The zero-order valence-corrected chi connectivity index (χ0v) is 13.4. The summed E-state index contributed by atoms with van der Waals surface area (Å²) in [5, 5.41) is 12.3. The molecule has 1 aliphatic heterocycles. The smallest absolute Gasteiger partial charge is 0.242 e. The second-order valence-electron chi connectivity index (χ2n) is 4.70. The van der Waals surface area contributed by atoms with Crippen LogP contribution in [0.15, 0.2) is 34.7 Å². The van der Waals surface area contributed by atoms with E-state index in [0.717, 1.165) is 25.1 Å². The van der Waals surface area contributed by atoms with E-state index in [-0.39, 0.29) is 22.9 Å². The molecule has 0 fully saturated rings. The van der Waals surface area contributed by atoms with Crippen molar-refractivity contribution in [2.45, 2.75) is 18.2 Å². The predicted molar refractivity (Wildman–Crippen MR) is 83.9 cm³/mol. The fourth-order valence-electron chi connectivity index (χ4n) is 2.10. The molecule has 1 aromatic carbocycles. The summed E-state index contributed by atoms with van der Waals surface area (Å²) in [5.74, 6) is 0. The van der Waals surface area contributed by atoms with Gasteiger partial charge in [0.2, 0.25) is 10.0 Å². The molecule has 2 N–H and O–H groups in total. The first-order valence-corrected chi connectivity index (χ1v) is 7.91. The Labute approximate surface area is 131 Å². The van der Waals surface area contributed by atoms with Gasteiger partial charge in [-0.15, -0.1) is 12.4 Å². The zero-order valence-electron chi connectivity index (χ0n) is 11.7. The molecule has 0 unspecified atom stereocenters. The number of hydrogen-bond acceptors (Lipinski definition) is 4. The minimum absolute atomic E-state index is 0. The largest absolute Gasteiger partial charge is 0.313 e. The number of sulfonamides is 1. The molecule has 0 saturated carbocycles. The number of benzene rings is 1. The third kappa shape index (κ3) is 4.29. The second-order valence-corrected chi connectivity index (χ2v) is 6.44. The number of hydrogen-bond donors (Lipinski definition) is 2. The molecule has 0 aliphatic carbocycles. The van der Waals surface area contributed by atoms with E-state index in [1.807, 2.05) is 12.1 Å². The molecule has 114 valence electrons. The van der Waals surface area contributed by atoms with Gasteiger partial charge < -0.3 is 5.32 Å². The first-order chi connectivity index (χ1) is 9.54. The van der Waals surface area contributed by atoms with Crippen LogP contribution in [0.4, 0.5) is 0 Å². The first-order valence-electron chi connectivity index (χ1n) is 6.42. The number of halogens is 1. The molecule has 1 heterocycles. The number of rotatable bonds is 4. The van der Waals surface area contributed by atoms with Gasteiger partial charge in [-0.05, 0) is 31.5 Å². The average Bonchev–Trinajstić information content (AvgIpc) is 2.46. The Bertz CT molecular complexity index is 678. The molecule has 1 aliphatic rings. The monoisotopic (exact) mass is 327 g/mol. The van der Waals surface area contributed by atoms with Crippen molar-refractivity contribution in [1.82, 2.24) is 10.0 Å². The van der Waals surface area contributed by atoms with Crippen LogP contribution in [0.1, 0.15) is 17.5 Å². The van der Waals surface area contributed by atoms with E-state index in [9.17, 15) is 8.42 Å². The van der Waals surface area contributed by atoms with Crippen molar-refractivity contribution >= 4 is 22.4 Å². The minimum atomic E-state index is -3.66. The van der Waals surface area contributed by atoms with Gasteiger partial charge >= 0.3 is 0 Å². The highest BCUT2D eigenvalue weighted by Gasteiger charge is 2.20. The van der Waals surface area contributed by atoms with Crippen molar-refractivity contribution in [1.29, 1.82) is 5.26 Å². The second kappa shape index (κ2) is 7.57. The van der Waals surface area contributed by atoms with Crippen LogP contribution in [0.25, 0.3) is 0 Å². The fraction of sp³-hybridized carbons (Fsp3) is 0.357. The third-order valence-electron chi connectivity index (χ3n) is 3.28. The van der Waals surface area contributed by atoms with Gasteiger partial charge in [-0.3, -0.25) is 0 Å². The van der Waals surface area contributed by atoms with Crippen LogP contribution < -0.4 is 10.0 Å². The molecule has 0 saturated heterocycles. The van der Waals surface area contributed by atoms with Crippen molar-refractivity contribution in [3.05, 3.63) is 41.0 Å². The summed E-state index contributed by atoms with van der Waals surface area (Å²) in [5.41, 5.74) is 1.94. The normalized spacial score (nSPS) is 14.8. The van der Waals surface area contributed by atoms with E-state index >= 15 is 0 Å². The summed E-state index contributed by atoms with van der Waals surface area (Å²) >= 11 is 0. The molecule has 0 bridgehead atoms. The summed E-state index contributed by atoms with van der Waals surface area (Å²) in [6.45, 7) is 3.65. The summed E-state index contributed by atoms with van der Waals surface area (Å²) in [6, 6.07) is 6.80. The molecule has 0 amide bonds. The Kier molecular flexibility index (Phi) is 6.37. The van der Waals surface area contributed by atoms with Gasteiger partial charge in [0, 0.05) is 13.1 Å². The molecule has 0 spiro atoms. The Hall–Kier alpha value is -1.39. The molecule has 2 rings (SSSR count). The standard InChI is InChI=1S/C14H17N3O2S.ClH/c1-11-3-2-4-14(13(11)9-15)20(18,19)17-10-12-5-7-16-8-6-12;/h2-5,16-17H,6-8,10H2,1H3;1H. The van der Waals surface area contributed by atoms with Crippen LogP contribution >= 0.6 is 12.4 Å². The molecule has 0 radical (unpaired) electrons. The molecule has 21 heavy (non-hydrogen) atoms. The predicted octanol–water partition coefficient (Wildman–Crippen LogP) is 1.49. The molecular weight excluding hydrogens is 310 g/mol. The lowest BCUT2D eigenvalue weighted by molar-refractivity contribution is 0.582. The number of aryl methyl sites for hydroxylation is 1. The number of nitrogens with zero attached hydrogens (tertiary/aromatic N) is 1. The number of nitriles is 1. The van der Waals surface area contributed by atoms with E-state index in [2.05, 4.69) is 10.0 Å². The quantitative estimate of drug-likeness (QED) is 0.821. The highest BCUT2D eigenvalue weighted by Crippen LogP contribution is 2.18. The first kappa shape index (κ1) is 17.7. The maximum Gasteiger partial charge on any atom is 0.242 e. The SMILES string of the molecule is Cc1cccc(S(=O)(=O)NCC2=CCNCC2)c1C#N.Cl. The van der Waals surface area contributed by atoms with Crippen molar-refractivity contribution in [2.24, 2.45) is 0 Å². The topological polar surface area (TPSA) is 82.0 Å². The van der Waals surface area contributed by atoms with E-state index in [1.165, 1.54) is 6.07 Å². The van der Waals surface area contributed by atoms with Crippen molar-refractivity contribution in [3.8, 4) is 6.07 Å². The van der Waals surface area contributed by atoms with Crippen molar-refractivity contribution in [2.75, 3.05) is 19.6 Å². The van der Waals surface area contributed by atoms with Crippen molar-refractivity contribution < 1.29 is 8.42 Å². The zero-order chi connectivity index (χ0) is 14.6. The van der Waals surface area contributed by atoms with Gasteiger partial charge in [0.15, 0.2) is 0 Å². The molecule has 0 atom stereocenters. The van der Waals surface area contributed by atoms with E-state index in [0.29, 0.717) is 12.1 Å². The van der Waals surface area contributed by atoms with Gasteiger partial charge in [-0.2, -0.15) is 5.26 Å². The van der Waals surface area contributed by atoms with Crippen LogP contribution in [0.2, 0.25) is 0 Å². The van der Waals surface area contributed by atoms with Gasteiger partial charge in [-0.25, -0.2) is 13.1 Å². The highest BCUT2D eigenvalue weighted by molar-refractivity contribution is 7.89. The van der Waals surface area contributed by atoms with Crippen LogP contribution in [0.3, 0.4) is 0 Å². The van der Waals surface area contributed by atoms with Crippen LogP contribution in [-0.4, -0.2) is 28.1 Å². The molecule has 0 aromatic heterocycles. The Morgan fingerprint density at radius 2 is 2.19 bits per heavy atom. The van der Waals surface area contributed by atoms with Crippen LogP contribution in [0.5, 0.6) is 0 Å². The Balaban J connectivity index is 0.00000220. The van der Waals surface area contributed by atoms with E-state index in [1.54, 1.807) is 19.1 Å². The Morgan fingerprint density at radius 1 is 1.43 bits per heavy atom. The lowest BCUT2D eigenvalue weighted by Gasteiger charge is -2.15. The molecule has 5 nitrogen and oxygen atoms in total. The van der Waals surface area contributed by atoms with Gasteiger partial charge in [0.25, 0.3) is 0 Å². The minimum Gasteiger partial charge on any atom is -0.313 e. The lowest BCUT2D eigenvalue weighted by atomic mass is 10.1. The van der Waals surface area contributed by atoms with Crippen LogP contribution in [0, 0.1) is 18.3 Å². The summed E-state index contributed by atoms with van der Waals surface area (Å²) in [6.07, 6.45) is 2.83. The Morgan fingerprint density at radius 3 is 2.81 bits per heavy atom. The fourth-order valence-corrected chi connectivity index (χ4v) is 3.37. The lowest BCUT2D eigenvalue weighted by Crippen LogP contribution is -2.30. The summed E-state index contributed by atoms with van der Waals surface area (Å²) < 4.78 is 27.2.